The van der Waals surface area contributed by atoms with Crippen molar-refractivity contribution < 1.29 is 9.59 Å². The van der Waals surface area contributed by atoms with Crippen LogP contribution in [-0.2, 0) is 4.79 Å². The van der Waals surface area contributed by atoms with Gasteiger partial charge in [0.25, 0.3) is 5.91 Å². The molecule has 1 saturated carbocycles. The summed E-state index contributed by atoms with van der Waals surface area (Å²) < 4.78 is 0. The van der Waals surface area contributed by atoms with E-state index in [2.05, 4.69) is 20.3 Å². The summed E-state index contributed by atoms with van der Waals surface area (Å²) in [6.45, 7) is 2.91. The fraction of sp³-hybridized carbons (Fsp3) is 0.529. The molecular weight excluding hydrogens is 306 g/mol. The van der Waals surface area contributed by atoms with Crippen LogP contribution in [0.25, 0.3) is 11.2 Å². The second-order valence-corrected chi connectivity index (χ2v) is 6.75. The Balaban J connectivity index is 1.52. The highest BCUT2D eigenvalue weighted by atomic mass is 16.2. The number of rotatable bonds is 3. The van der Waals surface area contributed by atoms with Crippen LogP contribution in [-0.4, -0.2) is 50.8 Å². The van der Waals surface area contributed by atoms with Gasteiger partial charge in [-0.1, -0.05) is 0 Å². The number of likely N-dealkylation sites (tertiary alicyclic amines) is 1. The van der Waals surface area contributed by atoms with E-state index in [9.17, 15) is 9.59 Å². The molecule has 7 nitrogen and oxygen atoms in total. The molecule has 2 amide bonds. The van der Waals surface area contributed by atoms with Gasteiger partial charge in [0, 0.05) is 38.2 Å². The van der Waals surface area contributed by atoms with Crippen LogP contribution >= 0.6 is 0 Å². The summed E-state index contributed by atoms with van der Waals surface area (Å²) in [5.74, 6) is 0.398. The zero-order chi connectivity index (χ0) is 16.7. The van der Waals surface area contributed by atoms with E-state index in [1.54, 1.807) is 24.2 Å². The molecule has 1 saturated heterocycles. The number of H-pyrrole nitrogens is 1. The maximum absolute atomic E-state index is 12.7. The molecule has 0 bridgehead atoms. The van der Waals surface area contributed by atoms with Crippen molar-refractivity contribution in [1.82, 2.24) is 25.2 Å². The van der Waals surface area contributed by atoms with Crippen molar-refractivity contribution in [3.8, 4) is 0 Å². The molecule has 1 unspecified atom stereocenters. The standard InChI is InChI=1S/C17H21N5O2/c1-10(23)22-6-2-3-12(9-22)20-17(24)13-7-18-16-15(13)21-14(8-19-16)11-4-5-11/h7-8,11-12H,2-6,9H2,1H3,(H,18,19)(H,20,24). The second-order valence-electron chi connectivity index (χ2n) is 6.75. The zero-order valence-electron chi connectivity index (χ0n) is 13.7. The highest BCUT2D eigenvalue weighted by molar-refractivity contribution is 6.04. The first-order valence-electron chi connectivity index (χ1n) is 8.52. The quantitative estimate of drug-likeness (QED) is 0.895. The summed E-state index contributed by atoms with van der Waals surface area (Å²) >= 11 is 0. The number of nitrogens with one attached hydrogen (secondary N) is 2. The van der Waals surface area contributed by atoms with E-state index in [4.69, 9.17) is 0 Å². The number of nitrogens with zero attached hydrogens (tertiary/aromatic N) is 3. The van der Waals surface area contributed by atoms with Gasteiger partial charge >= 0.3 is 0 Å². The van der Waals surface area contributed by atoms with Crippen LogP contribution in [0.15, 0.2) is 12.4 Å². The van der Waals surface area contributed by atoms with Crippen molar-refractivity contribution in [1.29, 1.82) is 0 Å². The van der Waals surface area contributed by atoms with Gasteiger partial charge < -0.3 is 15.2 Å². The predicted octanol–water partition coefficient (Wildman–Crippen LogP) is 1.58. The van der Waals surface area contributed by atoms with Crippen molar-refractivity contribution in [2.45, 2.75) is 44.6 Å². The largest absolute Gasteiger partial charge is 0.347 e. The van der Waals surface area contributed by atoms with Gasteiger partial charge in [0.1, 0.15) is 5.52 Å². The maximum Gasteiger partial charge on any atom is 0.255 e. The zero-order valence-corrected chi connectivity index (χ0v) is 13.7. The normalized spacial score (nSPS) is 21.0. The number of fused-ring (bicyclic) bond motifs is 1. The molecule has 2 fully saturated rings. The minimum Gasteiger partial charge on any atom is -0.347 e. The van der Waals surface area contributed by atoms with Gasteiger partial charge in [-0.15, -0.1) is 0 Å². The predicted molar refractivity (Wildman–Crippen MR) is 88.6 cm³/mol. The summed E-state index contributed by atoms with van der Waals surface area (Å²) in [4.78, 5) is 38.0. The van der Waals surface area contributed by atoms with Gasteiger partial charge in [-0.3, -0.25) is 9.59 Å². The average molecular weight is 327 g/mol. The Labute approximate surface area is 139 Å². The molecule has 2 aromatic rings. The Bertz CT molecular complexity index is 795. The smallest absolute Gasteiger partial charge is 0.255 e. The minimum absolute atomic E-state index is 0.0142. The van der Waals surface area contributed by atoms with Gasteiger partial charge in [-0.2, -0.15) is 0 Å². The molecule has 126 valence electrons. The molecule has 2 aromatic heterocycles. The molecule has 1 aliphatic carbocycles. The minimum atomic E-state index is -0.154. The number of aromatic amines is 1. The van der Waals surface area contributed by atoms with Gasteiger partial charge in [0.15, 0.2) is 5.65 Å². The van der Waals surface area contributed by atoms with Crippen molar-refractivity contribution >= 4 is 23.0 Å². The Morgan fingerprint density at radius 2 is 2.17 bits per heavy atom. The Morgan fingerprint density at radius 1 is 1.33 bits per heavy atom. The summed E-state index contributed by atoms with van der Waals surface area (Å²) in [7, 11) is 0. The van der Waals surface area contributed by atoms with Crippen LogP contribution in [0.5, 0.6) is 0 Å². The molecule has 1 atom stereocenters. The summed E-state index contributed by atoms with van der Waals surface area (Å²) in [5.41, 5.74) is 2.77. The third-order valence-electron chi connectivity index (χ3n) is 4.84. The van der Waals surface area contributed by atoms with Gasteiger partial charge in [0.05, 0.1) is 17.5 Å². The van der Waals surface area contributed by atoms with E-state index in [-0.39, 0.29) is 17.9 Å². The van der Waals surface area contributed by atoms with Crippen molar-refractivity contribution in [3.05, 3.63) is 23.7 Å². The third-order valence-corrected chi connectivity index (χ3v) is 4.84. The Morgan fingerprint density at radius 3 is 2.92 bits per heavy atom. The van der Waals surface area contributed by atoms with Crippen LogP contribution in [0, 0.1) is 0 Å². The van der Waals surface area contributed by atoms with Gasteiger partial charge in [-0.25, -0.2) is 9.97 Å². The molecule has 0 aromatic carbocycles. The highest BCUT2D eigenvalue weighted by Crippen LogP contribution is 2.39. The first kappa shape index (κ1) is 15.1. The van der Waals surface area contributed by atoms with Crippen LogP contribution in [0.2, 0.25) is 0 Å². The average Bonchev–Trinajstić information content (AvgIpc) is 3.34. The van der Waals surface area contributed by atoms with Crippen LogP contribution in [0.3, 0.4) is 0 Å². The van der Waals surface area contributed by atoms with E-state index < -0.39 is 0 Å². The third kappa shape index (κ3) is 2.86. The Kier molecular flexibility index (Phi) is 3.70. The number of piperidine rings is 1. The van der Waals surface area contributed by atoms with Crippen molar-refractivity contribution in [3.63, 3.8) is 0 Å². The number of hydrogen-bond donors (Lipinski definition) is 2. The van der Waals surface area contributed by atoms with E-state index in [1.807, 2.05) is 0 Å². The van der Waals surface area contributed by atoms with Crippen molar-refractivity contribution in [2.24, 2.45) is 0 Å². The van der Waals surface area contributed by atoms with E-state index in [1.165, 1.54) is 0 Å². The lowest BCUT2D eigenvalue weighted by atomic mass is 10.1. The van der Waals surface area contributed by atoms with Crippen LogP contribution < -0.4 is 5.32 Å². The molecule has 0 radical (unpaired) electrons. The SMILES string of the molecule is CC(=O)N1CCCC(NC(=O)c2c[nH]c3ncc(C4CC4)nc23)C1. The number of hydrogen-bond acceptors (Lipinski definition) is 4. The molecule has 7 heteroatoms. The van der Waals surface area contributed by atoms with Gasteiger partial charge in [0.2, 0.25) is 5.91 Å². The maximum atomic E-state index is 12.7. The fourth-order valence-corrected chi connectivity index (χ4v) is 3.30. The number of amides is 2. The molecule has 2 aliphatic rings. The first-order chi connectivity index (χ1) is 11.6. The molecular formula is C17H21N5O2. The van der Waals surface area contributed by atoms with Crippen molar-refractivity contribution in [2.75, 3.05) is 13.1 Å². The summed E-state index contributed by atoms with van der Waals surface area (Å²) in [6.07, 6.45) is 7.55. The lowest BCUT2D eigenvalue weighted by molar-refractivity contribution is -0.130. The lowest BCUT2D eigenvalue weighted by Gasteiger charge is -2.32. The number of carbonyl (C=O) groups excluding carboxylic acids is 2. The molecule has 1 aliphatic heterocycles. The Hall–Kier alpha value is -2.44. The monoisotopic (exact) mass is 327 g/mol. The van der Waals surface area contributed by atoms with E-state index >= 15 is 0 Å². The first-order valence-corrected chi connectivity index (χ1v) is 8.52. The van der Waals surface area contributed by atoms with Crippen LogP contribution in [0.1, 0.15) is 54.6 Å². The van der Waals surface area contributed by atoms with Gasteiger partial charge in [-0.05, 0) is 25.7 Å². The molecule has 3 heterocycles. The fourth-order valence-electron chi connectivity index (χ4n) is 3.30. The lowest BCUT2D eigenvalue weighted by Crippen LogP contribution is -2.49. The molecule has 4 rings (SSSR count). The second kappa shape index (κ2) is 5.89. The van der Waals surface area contributed by atoms with E-state index in [0.29, 0.717) is 29.2 Å². The van der Waals surface area contributed by atoms with E-state index in [0.717, 1.165) is 37.9 Å². The summed E-state index contributed by atoms with van der Waals surface area (Å²) in [5, 5.41) is 3.04. The summed E-state index contributed by atoms with van der Waals surface area (Å²) in [6, 6.07) is -0.0142. The molecule has 0 spiro atoms. The number of aromatic nitrogens is 3. The highest BCUT2D eigenvalue weighted by Gasteiger charge is 2.27. The van der Waals surface area contributed by atoms with Crippen LogP contribution in [0.4, 0.5) is 0 Å². The number of carbonyl (C=O) groups is 2. The topological polar surface area (TPSA) is 91.0 Å². The molecule has 24 heavy (non-hydrogen) atoms. The molecule has 2 N–H and O–H groups in total.